The second-order valence-electron chi connectivity index (χ2n) is 6.75. The normalized spacial score (nSPS) is 13.0. The molecular weight excluding hydrogens is 410 g/mol. The van der Waals surface area contributed by atoms with Gasteiger partial charge in [0, 0.05) is 29.8 Å². The standard InChI is InChI=1S/C21H18ClN3O5/c1-28-19-10-16-13(9-14(19)20(23)26)17(6-7-24-16)29-12-4-5-18(15(22)8-12)30-21(27)25-11-2-3-11/h4-11H,2-3H2,1H3,(H2,23,26)(H,25,27). The lowest BCUT2D eigenvalue weighted by Crippen LogP contribution is -2.28. The molecule has 1 aliphatic rings. The van der Waals surface area contributed by atoms with E-state index in [4.69, 9.17) is 31.5 Å². The fraction of sp³-hybridized carbons (Fsp3) is 0.190. The van der Waals surface area contributed by atoms with E-state index in [-0.39, 0.29) is 22.4 Å². The smallest absolute Gasteiger partial charge is 0.412 e. The van der Waals surface area contributed by atoms with Gasteiger partial charge in [-0.2, -0.15) is 0 Å². The van der Waals surface area contributed by atoms with E-state index in [0.717, 1.165) is 12.8 Å². The molecule has 0 saturated heterocycles. The molecule has 3 aromatic rings. The number of carbonyl (C=O) groups excluding carboxylic acids is 2. The zero-order chi connectivity index (χ0) is 21.3. The highest BCUT2D eigenvalue weighted by Gasteiger charge is 2.24. The van der Waals surface area contributed by atoms with Crippen molar-refractivity contribution in [3.8, 4) is 23.0 Å². The van der Waals surface area contributed by atoms with Gasteiger partial charge in [-0.15, -0.1) is 0 Å². The van der Waals surface area contributed by atoms with Gasteiger partial charge < -0.3 is 25.3 Å². The predicted molar refractivity (Wildman–Crippen MR) is 111 cm³/mol. The van der Waals surface area contributed by atoms with Gasteiger partial charge in [-0.1, -0.05) is 11.6 Å². The van der Waals surface area contributed by atoms with E-state index in [9.17, 15) is 9.59 Å². The lowest BCUT2D eigenvalue weighted by atomic mass is 10.1. The highest BCUT2D eigenvalue weighted by atomic mass is 35.5. The van der Waals surface area contributed by atoms with Gasteiger partial charge in [-0.05, 0) is 37.1 Å². The summed E-state index contributed by atoms with van der Waals surface area (Å²) in [5.74, 6) is 0.786. The van der Waals surface area contributed by atoms with E-state index >= 15 is 0 Å². The monoisotopic (exact) mass is 427 g/mol. The second-order valence-corrected chi connectivity index (χ2v) is 7.15. The Morgan fingerprint density at radius 1 is 1.13 bits per heavy atom. The van der Waals surface area contributed by atoms with Crippen LogP contribution in [0.1, 0.15) is 23.2 Å². The quantitative estimate of drug-likeness (QED) is 0.613. The average Bonchev–Trinajstić information content (AvgIpc) is 3.53. The van der Waals surface area contributed by atoms with Gasteiger partial charge in [0.15, 0.2) is 5.75 Å². The van der Waals surface area contributed by atoms with Gasteiger partial charge in [-0.25, -0.2) is 4.79 Å². The number of primary amides is 1. The molecule has 0 unspecified atom stereocenters. The summed E-state index contributed by atoms with van der Waals surface area (Å²) in [6.07, 6.45) is 2.95. The second kappa shape index (κ2) is 8.08. The first-order valence-corrected chi connectivity index (χ1v) is 9.54. The number of pyridine rings is 1. The number of ether oxygens (including phenoxy) is 3. The van der Waals surface area contributed by atoms with E-state index in [1.54, 1.807) is 36.5 Å². The number of halogens is 1. The summed E-state index contributed by atoms with van der Waals surface area (Å²) in [7, 11) is 1.45. The Balaban J connectivity index is 1.60. The minimum absolute atomic E-state index is 0.183. The SMILES string of the molecule is COc1cc2nccc(Oc3ccc(OC(=O)NC4CC4)c(Cl)c3)c2cc1C(N)=O. The Labute approximate surface area is 176 Å². The van der Waals surface area contributed by atoms with Crippen LogP contribution >= 0.6 is 11.6 Å². The fourth-order valence-electron chi connectivity index (χ4n) is 2.88. The number of fused-ring (bicyclic) bond motifs is 1. The molecule has 1 aromatic heterocycles. The maximum Gasteiger partial charge on any atom is 0.412 e. The zero-order valence-corrected chi connectivity index (χ0v) is 16.7. The molecule has 4 rings (SSSR count). The highest BCUT2D eigenvalue weighted by molar-refractivity contribution is 6.32. The Bertz CT molecular complexity index is 1150. The Morgan fingerprint density at radius 3 is 2.60 bits per heavy atom. The lowest BCUT2D eigenvalue weighted by Gasteiger charge is -2.13. The van der Waals surface area contributed by atoms with Crippen LogP contribution in [-0.2, 0) is 0 Å². The van der Waals surface area contributed by atoms with Crippen molar-refractivity contribution in [2.24, 2.45) is 5.73 Å². The molecule has 0 radical (unpaired) electrons. The van der Waals surface area contributed by atoms with Crippen LogP contribution in [0, 0.1) is 0 Å². The van der Waals surface area contributed by atoms with Crippen molar-refractivity contribution in [2.45, 2.75) is 18.9 Å². The first kappa shape index (κ1) is 19.8. The molecule has 1 aliphatic carbocycles. The molecule has 1 fully saturated rings. The number of rotatable bonds is 6. The van der Waals surface area contributed by atoms with Crippen molar-refractivity contribution in [3.05, 3.63) is 53.2 Å². The molecule has 154 valence electrons. The predicted octanol–water partition coefficient (Wildman–Crippen LogP) is 4.04. The molecule has 8 nitrogen and oxygen atoms in total. The third-order valence-corrected chi connectivity index (χ3v) is 4.82. The molecule has 1 saturated carbocycles. The van der Waals surface area contributed by atoms with Crippen molar-refractivity contribution < 1.29 is 23.8 Å². The number of nitrogens with two attached hydrogens (primary N) is 1. The van der Waals surface area contributed by atoms with Crippen molar-refractivity contribution >= 4 is 34.5 Å². The molecule has 0 atom stereocenters. The van der Waals surface area contributed by atoms with Crippen LogP contribution in [0.15, 0.2) is 42.6 Å². The summed E-state index contributed by atoms with van der Waals surface area (Å²) in [5.41, 5.74) is 6.23. The van der Waals surface area contributed by atoms with Gasteiger partial charge >= 0.3 is 6.09 Å². The average molecular weight is 428 g/mol. The van der Waals surface area contributed by atoms with Crippen LogP contribution in [0.25, 0.3) is 10.9 Å². The molecule has 1 heterocycles. The molecule has 3 N–H and O–H groups in total. The van der Waals surface area contributed by atoms with Gasteiger partial charge in [-0.3, -0.25) is 9.78 Å². The number of nitrogens with one attached hydrogen (secondary N) is 1. The number of carbonyl (C=O) groups is 2. The van der Waals surface area contributed by atoms with Crippen LogP contribution < -0.4 is 25.3 Å². The minimum atomic E-state index is -0.627. The summed E-state index contributed by atoms with van der Waals surface area (Å²) in [6.45, 7) is 0. The van der Waals surface area contributed by atoms with Crippen molar-refractivity contribution in [3.63, 3.8) is 0 Å². The number of amides is 2. The summed E-state index contributed by atoms with van der Waals surface area (Å²) in [6, 6.07) is 9.72. The molecular formula is C21H18ClN3O5. The van der Waals surface area contributed by atoms with Crippen LogP contribution in [0.5, 0.6) is 23.0 Å². The molecule has 30 heavy (non-hydrogen) atoms. The largest absolute Gasteiger partial charge is 0.496 e. The topological polar surface area (TPSA) is 113 Å². The first-order valence-electron chi connectivity index (χ1n) is 9.17. The first-order chi connectivity index (χ1) is 14.4. The lowest BCUT2D eigenvalue weighted by molar-refractivity contribution is 0.0997. The van der Waals surface area contributed by atoms with Crippen LogP contribution in [-0.4, -0.2) is 30.1 Å². The summed E-state index contributed by atoms with van der Waals surface area (Å²) < 4.78 is 16.4. The van der Waals surface area contributed by atoms with Gasteiger partial charge in [0.1, 0.15) is 17.2 Å². The number of nitrogens with zero attached hydrogens (tertiary/aromatic N) is 1. The summed E-state index contributed by atoms with van der Waals surface area (Å²) in [4.78, 5) is 27.8. The molecule has 0 spiro atoms. The van der Waals surface area contributed by atoms with Gasteiger partial charge in [0.2, 0.25) is 0 Å². The summed E-state index contributed by atoms with van der Waals surface area (Å²) in [5, 5.41) is 3.52. The van der Waals surface area contributed by atoms with Crippen molar-refractivity contribution in [1.29, 1.82) is 0 Å². The van der Waals surface area contributed by atoms with E-state index in [1.807, 2.05) is 0 Å². The number of hydrogen-bond acceptors (Lipinski definition) is 6. The Morgan fingerprint density at radius 2 is 1.93 bits per heavy atom. The molecule has 2 aromatic carbocycles. The fourth-order valence-corrected chi connectivity index (χ4v) is 3.09. The molecule has 0 bridgehead atoms. The van der Waals surface area contributed by atoms with Crippen LogP contribution in [0.4, 0.5) is 4.79 Å². The number of benzene rings is 2. The number of methoxy groups -OCH3 is 1. The third kappa shape index (κ3) is 4.23. The van der Waals surface area contributed by atoms with Gasteiger partial charge in [0.05, 0.1) is 23.2 Å². The van der Waals surface area contributed by atoms with Gasteiger partial charge in [0.25, 0.3) is 5.91 Å². The minimum Gasteiger partial charge on any atom is -0.496 e. The molecule has 0 aliphatic heterocycles. The van der Waals surface area contributed by atoms with Crippen molar-refractivity contribution in [2.75, 3.05) is 7.11 Å². The highest BCUT2D eigenvalue weighted by Crippen LogP contribution is 2.35. The summed E-state index contributed by atoms with van der Waals surface area (Å²) >= 11 is 6.24. The molecule has 9 heteroatoms. The zero-order valence-electron chi connectivity index (χ0n) is 16.0. The van der Waals surface area contributed by atoms with E-state index in [1.165, 1.54) is 13.2 Å². The maximum atomic E-state index is 11.8. The Kier molecular flexibility index (Phi) is 5.33. The van der Waals surface area contributed by atoms with E-state index < -0.39 is 12.0 Å². The number of aromatic nitrogens is 1. The van der Waals surface area contributed by atoms with Crippen LogP contribution in [0.3, 0.4) is 0 Å². The van der Waals surface area contributed by atoms with Crippen molar-refractivity contribution in [1.82, 2.24) is 10.3 Å². The Hall–Kier alpha value is -3.52. The van der Waals surface area contributed by atoms with E-state index in [2.05, 4.69) is 10.3 Å². The van der Waals surface area contributed by atoms with Crippen LogP contribution in [0.2, 0.25) is 5.02 Å². The van der Waals surface area contributed by atoms with E-state index in [0.29, 0.717) is 28.2 Å². The maximum absolute atomic E-state index is 11.8. The third-order valence-electron chi connectivity index (χ3n) is 4.52. The number of hydrogen-bond donors (Lipinski definition) is 2. The molecule has 2 amide bonds.